The average molecular weight is 298 g/mol. The molecule has 0 bridgehead atoms. The molecule has 1 fully saturated rings. The number of hydrogen-bond acceptors (Lipinski definition) is 5. The predicted octanol–water partition coefficient (Wildman–Crippen LogP) is 1.32. The summed E-state index contributed by atoms with van der Waals surface area (Å²) < 4.78 is 0. The van der Waals surface area contributed by atoms with Crippen molar-refractivity contribution in [2.45, 2.75) is 18.9 Å². The Morgan fingerprint density at radius 1 is 1.32 bits per heavy atom. The van der Waals surface area contributed by atoms with Crippen LogP contribution in [-0.2, 0) is 0 Å². The SMILES string of the molecule is Nc1ncc(-c2cccc(C(=O)N3CCC[C@H]3CO)c2)cn1. The van der Waals surface area contributed by atoms with Gasteiger partial charge in [-0.2, -0.15) is 0 Å². The summed E-state index contributed by atoms with van der Waals surface area (Å²) in [4.78, 5) is 22.3. The minimum atomic E-state index is -0.0731. The predicted molar refractivity (Wildman–Crippen MR) is 83.0 cm³/mol. The van der Waals surface area contributed by atoms with Crippen LogP contribution in [-0.4, -0.2) is 45.1 Å². The van der Waals surface area contributed by atoms with Gasteiger partial charge in [-0.1, -0.05) is 12.1 Å². The zero-order valence-corrected chi connectivity index (χ0v) is 12.1. The first-order valence-electron chi connectivity index (χ1n) is 7.29. The van der Waals surface area contributed by atoms with Crippen molar-refractivity contribution < 1.29 is 9.90 Å². The number of aromatic nitrogens is 2. The first-order chi connectivity index (χ1) is 10.7. The van der Waals surface area contributed by atoms with Crippen molar-refractivity contribution in [1.29, 1.82) is 0 Å². The second kappa shape index (κ2) is 6.11. The Hall–Kier alpha value is -2.47. The number of benzene rings is 1. The maximum atomic E-state index is 12.6. The highest BCUT2D eigenvalue weighted by Crippen LogP contribution is 2.23. The monoisotopic (exact) mass is 298 g/mol. The highest BCUT2D eigenvalue weighted by atomic mass is 16.3. The number of nitrogen functional groups attached to an aromatic ring is 1. The third kappa shape index (κ3) is 2.78. The second-order valence-corrected chi connectivity index (χ2v) is 5.39. The number of carbonyl (C=O) groups is 1. The standard InChI is InChI=1S/C16H18N4O2/c17-16-18-8-13(9-19-16)11-3-1-4-12(7-11)15(22)20-6-2-5-14(20)10-21/h1,3-4,7-9,14,21H,2,5-6,10H2,(H2,17,18,19)/t14-/m0/s1. The van der Waals surface area contributed by atoms with Crippen LogP contribution < -0.4 is 5.73 Å². The normalized spacial score (nSPS) is 17.7. The minimum Gasteiger partial charge on any atom is -0.394 e. The van der Waals surface area contributed by atoms with E-state index in [1.165, 1.54) is 0 Å². The highest BCUT2D eigenvalue weighted by molar-refractivity contribution is 5.95. The van der Waals surface area contributed by atoms with Crippen molar-refractivity contribution in [2.24, 2.45) is 0 Å². The van der Waals surface area contributed by atoms with Crippen molar-refractivity contribution in [3.05, 3.63) is 42.2 Å². The fourth-order valence-electron chi connectivity index (χ4n) is 2.78. The van der Waals surface area contributed by atoms with Gasteiger partial charge >= 0.3 is 0 Å². The molecule has 0 unspecified atom stereocenters. The van der Waals surface area contributed by atoms with Gasteiger partial charge in [0, 0.05) is 30.1 Å². The summed E-state index contributed by atoms with van der Waals surface area (Å²) >= 11 is 0. The number of rotatable bonds is 3. The molecule has 2 aromatic rings. The zero-order valence-electron chi connectivity index (χ0n) is 12.1. The third-order valence-electron chi connectivity index (χ3n) is 3.96. The Bertz CT molecular complexity index is 672. The van der Waals surface area contributed by atoms with Gasteiger partial charge in [0.1, 0.15) is 0 Å². The maximum absolute atomic E-state index is 12.6. The maximum Gasteiger partial charge on any atom is 0.254 e. The van der Waals surface area contributed by atoms with Crippen LogP contribution in [0.4, 0.5) is 5.95 Å². The molecule has 1 aromatic carbocycles. The lowest BCUT2D eigenvalue weighted by molar-refractivity contribution is 0.0677. The Balaban J connectivity index is 1.87. The summed E-state index contributed by atoms with van der Waals surface area (Å²) in [5.74, 6) is 0.175. The number of aliphatic hydroxyl groups is 1. The van der Waals surface area contributed by atoms with E-state index in [-0.39, 0.29) is 24.5 Å². The van der Waals surface area contributed by atoms with E-state index >= 15 is 0 Å². The number of aliphatic hydroxyl groups excluding tert-OH is 1. The van der Waals surface area contributed by atoms with E-state index in [1.807, 2.05) is 18.2 Å². The molecular formula is C16H18N4O2. The highest BCUT2D eigenvalue weighted by Gasteiger charge is 2.28. The first-order valence-corrected chi connectivity index (χ1v) is 7.29. The summed E-state index contributed by atoms with van der Waals surface area (Å²) in [5, 5.41) is 9.37. The molecule has 1 atom stereocenters. The zero-order chi connectivity index (χ0) is 15.5. The second-order valence-electron chi connectivity index (χ2n) is 5.39. The minimum absolute atomic E-state index is 0.0111. The topological polar surface area (TPSA) is 92.3 Å². The number of hydrogen-bond donors (Lipinski definition) is 2. The number of anilines is 1. The van der Waals surface area contributed by atoms with Gasteiger partial charge in [-0.3, -0.25) is 4.79 Å². The quantitative estimate of drug-likeness (QED) is 0.891. The van der Waals surface area contributed by atoms with Crippen molar-refractivity contribution in [1.82, 2.24) is 14.9 Å². The van der Waals surface area contributed by atoms with Crippen LogP contribution in [0.1, 0.15) is 23.2 Å². The summed E-state index contributed by atoms with van der Waals surface area (Å²) in [6.07, 6.45) is 5.06. The van der Waals surface area contributed by atoms with Gasteiger partial charge in [0.05, 0.1) is 12.6 Å². The molecule has 1 saturated heterocycles. The number of nitrogens with two attached hydrogens (primary N) is 1. The number of nitrogens with zero attached hydrogens (tertiary/aromatic N) is 3. The molecule has 6 heteroatoms. The molecule has 1 aliphatic heterocycles. The summed E-state index contributed by atoms with van der Waals surface area (Å²) in [6, 6.07) is 7.28. The van der Waals surface area contributed by atoms with E-state index in [4.69, 9.17) is 5.73 Å². The Morgan fingerprint density at radius 3 is 2.82 bits per heavy atom. The van der Waals surface area contributed by atoms with Gasteiger partial charge in [0.25, 0.3) is 5.91 Å². The average Bonchev–Trinajstić information content (AvgIpc) is 3.03. The molecule has 22 heavy (non-hydrogen) atoms. The van der Waals surface area contributed by atoms with Gasteiger partial charge in [0.15, 0.2) is 0 Å². The summed E-state index contributed by atoms with van der Waals surface area (Å²) in [6.45, 7) is 0.705. The molecule has 0 aliphatic carbocycles. The number of carbonyl (C=O) groups excluding carboxylic acids is 1. The van der Waals surface area contributed by atoms with Gasteiger partial charge in [-0.15, -0.1) is 0 Å². The molecule has 0 spiro atoms. The lowest BCUT2D eigenvalue weighted by Crippen LogP contribution is -2.37. The van der Waals surface area contributed by atoms with Crippen molar-refractivity contribution in [3.63, 3.8) is 0 Å². The fraction of sp³-hybridized carbons (Fsp3) is 0.312. The van der Waals surface area contributed by atoms with Crippen molar-refractivity contribution in [2.75, 3.05) is 18.9 Å². The molecule has 0 radical (unpaired) electrons. The van der Waals surface area contributed by atoms with E-state index in [0.717, 1.165) is 24.0 Å². The largest absolute Gasteiger partial charge is 0.394 e. The van der Waals surface area contributed by atoms with Crippen LogP contribution in [0.25, 0.3) is 11.1 Å². The molecule has 0 saturated carbocycles. The fourth-order valence-corrected chi connectivity index (χ4v) is 2.78. The summed E-state index contributed by atoms with van der Waals surface area (Å²) in [5.41, 5.74) is 7.77. The molecule has 1 amide bonds. The van der Waals surface area contributed by atoms with E-state index in [2.05, 4.69) is 9.97 Å². The van der Waals surface area contributed by atoms with Crippen LogP contribution in [0, 0.1) is 0 Å². The summed E-state index contributed by atoms with van der Waals surface area (Å²) in [7, 11) is 0. The van der Waals surface area contributed by atoms with Crippen LogP contribution >= 0.6 is 0 Å². The molecule has 114 valence electrons. The molecule has 1 aromatic heterocycles. The van der Waals surface area contributed by atoms with Gasteiger partial charge < -0.3 is 15.7 Å². The van der Waals surface area contributed by atoms with E-state index in [0.29, 0.717) is 12.1 Å². The van der Waals surface area contributed by atoms with Gasteiger partial charge in [-0.25, -0.2) is 9.97 Å². The van der Waals surface area contributed by atoms with E-state index in [1.54, 1.807) is 23.4 Å². The van der Waals surface area contributed by atoms with Crippen LogP contribution in [0.15, 0.2) is 36.7 Å². The molecule has 2 heterocycles. The third-order valence-corrected chi connectivity index (χ3v) is 3.96. The number of amides is 1. The molecule has 3 N–H and O–H groups in total. The molecule has 6 nitrogen and oxygen atoms in total. The van der Waals surface area contributed by atoms with Crippen molar-refractivity contribution >= 4 is 11.9 Å². The Kier molecular flexibility index (Phi) is 4.02. The lowest BCUT2D eigenvalue weighted by Gasteiger charge is -2.23. The first kappa shape index (κ1) is 14.5. The lowest BCUT2D eigenvalue weighted by atomic mass is 10.0. The van der Waals surface area contributed by atoms with Crippen LogP contribution in [0.5, 0.6) is 0 Å². The van der Waals surface area contributed by atoms with Gasteiger partial charge in [-0.05, 0) is 30.5 Å². The smallest absolute Gasteiger partial charge is 0.254 e. The van der Waals surface area contributed by atoms with E-state index in [9.17, 15) is 9.90 Å². The van der Waals surface area contributed by atoms with Crippen molar-refractivity contribution in [3.8, 4) is 11.1 Å². The number of likely N-dealkylation sites (tertiary alicyclic amines) is 1. The van der Waals surface area contributed by atoms with Gasteiger partial charge in [0.2, 0.25) is 5.95 Å². The molecule has 3 rings (SSSR count). The van der Waals surface area contributed by atoms with Crippen LogP contribution in [0.3, 0.4) is 0 Å². The molecular weight excluding hydrogens is 280 g/mol. The Labute approximate surface area is 128 Å². The molecule has 1 aliphatic rings. The van der Waals surface area contributed by atoms with Crippen LogP contribution in [0.2, 0.25) is 0 Å². The Morgan fingerprint density at radius 2 is 2.09 bits per heavy atom. The van der Waals surface area contributed by atoms with E-state index < -0.39 is 0 Å².